The lowest BCUT2D eigenvalue weighted by atomic mass is 10.2. The van der Waals surface area contributed by atoms with Crippen molar-refractivity contribution < 1.29 is 24.1 Å². The van der Waals surface area contributed by atoms with Crippen LogP contribution in [0.2, 0.25) is 5.02 Å². The normalized spacial score (nSPS) is 10.2. The van der Waals surface area contributed by atoms with Gasteiger partial charge in [0.25, 0.3) is 0 Å². The van der Waals surface area contributed by atoms with Gasteiger partial charge in [-0.05, 0) is 24.1 Å². The SMILES string of the molecule is CCCCOC(=O)COc1c(Cl)cc(CO)cc1OC. The maximum atomic E-state index is 11.5. The standard InChI is InChI=1S/C14H19ClO5/c1-3-4-5-19-13(17)9-20-14-11(15)6-10(8-16)7-12(14)18-2/h6-7,16H,3-5,8-9H2,1-2H3. The number of rotatable bonds is 8. The van der Waals surface area contributed by atoms with E-state index in [1.807, 2.05) is 6.92 Å². The number of hydrogen-bond donors (Lipinski definition) is 1. The molecule has 0 fully saturated rings. The van der Waals surface area contributed by atoms with E-state index >= 15 is 0 Å². The smallest absolute Gasteiger partial charge is 0.344 e. The van der Waals surface area contributed by atoms with Crippen LogP contribution in [0, 0.1) is 0 Å². The Hall–Kier alpha value is -1.46. The van der Waals surface area contributed by atoms with E-state index in [-0.39, 0.29) is 24.0 Å². The third-order valence-electron chi connectivity index (χ3n) is 2.57. The summed E-state index contributed by atoms with van der Waals surface area (Å²) >= 11 is 6.03. The Morgan fingerprint density at radius 3 is 2.75 bits per heavy atom. The molecule has 0 atom stereocenters. The average molecular weight is 303 g/mol. The molecular weight excluding hydrogens is 284 g/mol. The molecule has 112 valence electrons. The van der Waals surface area contributed by atoms with Crippen LogP contribution in [0.25, 0.3) is 0 Å². The monoisotopic (exact) mass is 302 g/mol. The van der Waals surface area contributed by atoms with E-state index in [1.54, 1.807) is 12.1 Å². The van der Waals surface area contributed by atoms with Gasteiger partial charge >= 0.3 is 5.97 Å². The summed E-state index contributed by atoms with van der Waals surface area (Å²) in [6.07, 6.45) is 1.78. The molecule has 0 bridgehead atoms. The fourth-order valence-corrected chi connectivity index (χ4v) is 1.80. The van der Waals surface area contributed by atoms with Gasteiger partial charge in [-0.15, -0.1) is 0 Å². The average Bonchev–Trinajstić information content (AvgIpc) is 2.45. The predicted octanol–water partition coefficient (Wildman–Crippen LogP) is 2.56. The fourth-order valence-electron chi connectivity index (χ4n) is 1.51. The number of unbranched alkanes of at least 4 members (excludes halogenated alkanes) is 1. The van der Waals surface area contributed by atoms with E-state index in [9.17, 15) is 4.79 Å². The summed E-state index contributed by atoms with van der Waals surface area (Å²) in [7, 11) is 1.46. The van der Waals surface area contributed by atoms with Crippen molar-refractivity contribution in [1.29, 1.82) is 0 Å². The van der Waals surface area contributed by atoms with Crippen molar-refractivity contribution in [3.63, 3.8) is 0 Å². The number of ether oxygens (including phenoxy) is 3. The Morgan fingerprint density at radius 1 is 1.40 bits per heavy atom. The molecule has 0 aliphatic heterocycles. The molecule has 0 amide bonds. The van der Waals surface area contributed by atoms with Crippen LogP contribution in [-0.2, 0) is 16.1 Å². The van der Waals surface area contributed by atoms with Crippen LogP contribution in [0.15, 0.2) is 12.1 Å². The summed E-state index contributed by atoms with van der Waals surface area (Å²) in [6, 6.07) is 3.16. The van der Waals surface area contributed by atoms with Gasteiger partial charge in [0.15, 0.2) is 18.1 Å². The minimum absolute atomic E-state index is 0.157. The molecule has 0 saturated carbocycles. The van der Waals surface area contributed by atoms with Crippen LogP contribution in [0.1, 0.15) is 25.3 Å². The fraction of sp³-hybridized carbons (Fsp3) is 0.500. The minimum atomic E-state index is -0.456. The lowest BCUT2D eigenvalue weighted by Crippen LogP contribution is -2.16. The topological polar surface area (TPSA) is 65.0 Å². The zero-order chi connectivity index (χ0) is 15.0. The number of aliphatic hydroxyl groups excluding tert-OH is 1. The van der Waals surface area contributed by atoms with Gasteiger partial charge in [0.05, 0.1) is 25.3 Å². The second kappa shape index (κ2) is 8.66. The van der Waals surface area contributed by atoms with Crippen molar-refractivity contribution in [2.24, 2.45) is 0 Å². The van der Waals surface area contributed by atoms with Gasteiger partial charge < -0.3 is 19.3 Å². The number of carbonyl (C=O) groups is 1. The molecule has 1 rings (SSSR count). The van der Waals surface area contributed by atoms with Crippen LogP contribution < -0.4 is 9.47 Å². The largest absolute Gasteiger partial charge is 0.493 e. The van der Waals surface area contributed by atoms with Crippen LogP contribution >= 0.6 is 11.6 Å². The number of methoxy groups -OCH3 is 1. The molecule has 1 N–H and O–H groups in total. The maximum Gasteiger partial charge on any atom is 0.344 e. The summed E-state index contributed by atoms with van der Waals surface area (Å²) in [5.74, 6) is 0.171. The van der Waals surface area contributed by atoms with Crippen LogP contribution in [0.4, 0.5) is 0 Å². The highest BCUT2D eigenvalue weighted by Crippen LogP contribution is 2.36. The minimum Gasteiger partial charge on any atom is -0.493 e. The number of benzene rings is 1. The van der Waals surface area contributed by atoms with Crippen molar-refractivity contribution in [2.45, 2.75) is 26.4 Å². The Labute approximate surface area is 123 Å². The molecule has 6 heteroatoms. The van der Waals surface area contributed by atoms with Crippen LogP contribution in [0.5, 0.6) is 11.5 Å². The zero-order valence-electron chi connectivity index (χ0n) is 11.6. The van der Waals surface area contributed by atoms with Gasteiger partial charge in [0.1, 0.15) is 0 Å². The number of hydrogen-bond acceptors (Lipinski definition) is 5. The first-order chi connectivity index (χ1) is 9.62. The van der Waals surface area contributed by atoms with Crippen molar-refractivity contribution in [3.8, 4) is 11.5 Å². The highest BCUT2D eigenvalue weighted by molar-refractivity contribution is 6.32. The first-order valence-electron chi connectivity index (χ1n) is 6.38. The van der Waals surface area contributed by atoms with E-state index in [4.69, 9.17) is 30.9 Å². The molecule has 0 aliphatic rings. The van der Waals surface area contributed by atoms with Crippen molar-refractivity contribution >= 4 is 17.6 Å². The van der Waals surface area contributed by atoms with E-state index in [0.717, 1.165) is 12.8 Å². The molecule has 0 aromatic heterocycles. The number of aliphatic hydroxyl groups is 1. The highest BCUT2D eigenvalue weighted by Gasteiger charge is 2.14. The molecule has 1 aromatic carbocycles. The molecule has 0 spiro atoms. The second-order valence-corrected chi connectivity index (χ2v) is 4.54. The van der Waals surface area contributed by atoms with Gasteiger partial charge in [-0.25, -0.2) is 4.79 Å². The number of esters is 1. The zero-order valence-corrected chi connectivity index (χ0v) is 12.4. The van der Waals surface area contributed by atoms with Crippen molar-refractivity contribution in [1.82, 2.24) is 0 Å². The van der Waals surface area contributed by atoms with Gasteiger partial charge in [-0.1, -0.05) is 24.9 Å². The van der Waals surface area contributed by atoms with E-state index in [2.05, 4.69) is 0 Å². The molecule has 5 nitrogen and oxygen atoms in total. The summed E-state index contributed by atoms with van der Waals surface area (Å²) in [5.41, 5.74) is 0.602. The third-order valence-corrected chi connectivity index (χ3v) is 2.85. The maximum absolute atomic E-state index is 11.5. The third kappa shape index (κ3) is 4.90. The van der Waals surface area contributed by atoms with Crippen LogP contribution in [-0.4, -0.2) is 31.4 Å². The van der Waals surface area contributed by atoms with Crippen molar-refractivity contribution in [3.05, 3.63) is 22.7 Å². The summed E-state index contributed by atoms with van der Waals surface area (Å²) in [6.45, 7) is 2.00. The Balaban J connectivity index is 2.65. The molecule has 20 heavy (non-hydrogen) atoms. The second-order valence-electron chi connectivity index (χ2n) is 4.13. The summed E-state index contributed by atoms with van der Waals surface area (Å²) in [5, 5.41) is 9.36. The van der Waals surface area contributed by atoms with E-state index < -0.39 is 5.97 Å². The lowest BCUT2D eigenvalue weighted by Gasteiger charge is -2.13. The molecule has 0 heterocycles. The molecule has 0 radical (unpaired) electrons. The summed E-state index contributed by atoms with van der Waals surface area (Å²) < 4.78 is 15.4. The lowest BCUT2D eigenvalue weighted by molar-refractivity contribution is -0.146. The van der Waals surface area contributed by atoms with Crippen molar-refractivity contribution in [2.75, 3.05) is 20.3 Å². The first-order valence-corrected chi connectivity index (χ1v) is 6.75. The number of carbonyl (C=O) groups excluding carboxylic acids is 1. The Bertz CT molecular complexity index is 447. The molecule has 0 aliphatic carbocycles. The highest BCUT2D eigenvalue weighted by atomic mass is 35.5. The Morgan fingerprint density at radius 2 is 2.15 bits per heavy atom. The molecule has 1 aromatic rings. The molecular formula is C14H19ClO5. The van der Waals surface area contributed by atoms with E-state index in [0.29, 0.717) is 17.9 Å². The summed E-state index contributed by atoms with van der Waals surface area (Å²) in [4.78, 5) is 11.5. The number of halogens is 1. The van der Waals surface area contributed by atoms with Crippen LogP contribution in [0.3, 0.4) is 0 Å². The first kappa shape index (κ1) is 16.6. The quantitative estimate of drug-likeness (QED) is 0.590. The van der Waals surface area contributed by atoms with Gasteiger partial charge in [-0.3, -0.25) is 0 Å². The molecule has 0 unspecified atom stereocenters. The van der Waals surface area contributed by atoms with Gasteiger partial charge in [0, 0.05) is 0 Å². The van der Waals surface area contributed by atoms with Gasteiger partial charge in [-0.2, -0.15) is 0 Å². The van der Waals surface area contributed by atoms with Gasteiger partial charge in [0.2, 0.25) is 0 Å². The Kier molecular flexibility index (Phi) is 7.18. The molecule has 0 saturated heterocycles. The van der Waals surface area contributed by atoms with E-state index in [1.165, 1.54) is 7.11 Å². The predicted molar refractivity (Wildman–Crippen MR) is 75.3 cm³/mol.